The summed E-state index contributed by atoms with van der Waals surface area (Å²) in [4.78, 5) is 0. The molecule has 0 bridgehead atoms. The van der Waals surface area contributed by atoms with Gasteiger partial charge in [0.05, 0.1) is 0 Å². The largest absolute Gasteiger partial charge is 0.318 e. The van der Waals surface area contributed by atoms with Gasteiger partial charge in [0.25, 0.3) is 10.2 Å². The first kappa shape index (κ1) is 15.2. The van der Waals surface area contributed by atoms with Crippen LogP contribution in [0.15, 0.2) is 0 Å². The Hall–Kier alpha value is -0.170. The molecule has 0 radical (unpaired) electrons. The quantitative estimate of drug-likeness (QED) is 0.773. The molecule has 112 valence electrons. The summed E-state index contributed by atoms with van der Waals surface area (Å²) >= 11 is 0. The van der Waals surface area contributed by atoms with E-state index in [9.17, 15) is 8.42 Å². The number of piperidine rings is 1. The van der Waals surface area contributed by atoms with E-state index in [1.807, 2.05) is 7.05 Å². The summed E-state index contributed by atoms with van der Waals surface area (Å²) in [5, 5.41) is 3.11. The Labute approximate surface area is 117 Å². The van der Waals surface area contributed by atoms with Crippen molar-refractivity contribution < 1.29 is 8.42 Å². The summed E-state index contributed by atoms with van der Waals surface area (Å²) < 4.78 is 29.9. The maximum Gasteiger partial charge on any atom is 0.280 e. The molecule has 2 aliphatic rings. The lowest BCUT2D eigenvalue weighted by molar-refractivity contribution is 0.195. The van der Waals surface area contributed by atoms with Gasteiger partial charge >= 0.3 is 0 Å². The van der Waals surface area contributed by atoms with Crippen LogP contribution in [0.2, 0.25) is 0 Å². The van der Waals surface area contributed by atoms with Crippen LogP contribution in [-0.4, -0.2) is 44.4 Å². The first-order valence-electron chi connectivity index (χ1n) is 7.48. The fourth-order valence-corrected chi connectivity index (χ4v) is 5.15. The van der Waals surface area contributed by atoms with E-state index in [1.165, 1.54) is 0 Å². The Morgan fingerprint density at radius 3 is 2.53 bits per heavy atom. The highest BCUT2D eigenvalue weighted by Crippen LogP contribution is 2.36. The summed E-state index contributed by atoms with van der Waals surface area (Å²) in [5.41, 5.74) is -0.166. The van der Waals surface area contributed by atoms with Crippen molar-refractivity contribution in [2.75, 3.05) is 20.1 Å². The van der Waals surface area contributed by atoms with Crippen molar-refractivity contribution in [2.24, 2.45) is 0 Å². The van der Waals surface area contributed by atoms with E-state index < -0.39 is 10.2 Å². The lowest BCUT2D eigenvalue weighted by atomic mass is 9.76. The summed E-state index contributed by atoms with van der Waals surface area (Å²) in [6, 6.07) is 0.102. The van der Waals surface area contributed by atoms with Crippen LogP contribution in [0.4, 0.5) is 0 Å². The molecule has 2 rings (SSSR count). The maximum atomic E-state index is 12.6. The summed E-state index contributed by atoms with van der Waals surface area (Å²) in [5.74, 6) is 0. The molecule has 1 atom stereocenters. The molecule has 0 aromatic carbocycles. The van der Waals surface area contributed by atoms with Crippen LogP contribution in [0.3, 0.4) is 0 Å². The van der Waals surface area contributed by atoms with Crippen LogP contribution in [0, 0.1) is 0 Å². The molecular weight excluding hydrogens is 262 g/mol. The van der Waals surface area contributed by atoms with Gasteiger partial charge in [0, 0.05) is 24.7 Å². The SMILES string of the molecule is CCC1(NS(=O)(=O)N2CCCCC2CNC)CCC1. The van der Waals surface area contributed by atoms with Gasteiger partial charge in [-0.05, 0) is 45.6 Å². The first-order valence-corrected chi connectivity index (χ1v) is 8.92. The Kier molecular flexibility index (Phi) is 4.87. The van der Waals surface area contributed by atoms with Gasteiger partial charge in [0.15, 0.2) is 0 Å². The molecule has 5 nitrogen and oxygen atoms in total. The smallest absolute Gasteiger partial charge is 0.280 e. The molecule has 0 aromatic heterocycles. The fraction of sp³-hybridized carbons (Fsp3) is 1.00. The third-order valence-electron chi connectivity index (χ3n) is 4.65. The lowest BCUT2D eigenvalue weighted by Crippen LogP contribution is -2.60. The van der Waals surface area contributed by atoms with Crippen molar-refractivity contribution in [2.45, 2.75) is 63.5 Å². The molecule has 1 aliphatic carbocycles. The van der Waals surface area contributed by atoms with Crippen LogP contribution in [0.1, 0.15) is 51.9 Å². The minimum absolute atomic E-state index is 0.102. The van der Waals surface area contributed by atoms with Crippen LogP contribution < -0.4 is 10.0 Å². The zero-order valence-corrected chi connectivity index (χ0v) is 12.9. The van der Waals surface area contributed by atoms with Crippen LogP contribution in [0.5, 0.6) is 0 Å². The van der Waals surface area contributed by atoms with E-state index in [1.54, 1.807) is 4.31 Å². The number of nitrogens with zero attached hydrogens (tertiary/aromatic N) is 1. The highest BCUT2D eigenvalue weighted by Gasteiger charge is 2.42. The molecule has 0 amide bonds. The monoisotopic (exact) mass is 289 g/mol. The second-order valence-corrected chi connectivity index (χ2v) is 7.54. The Balaban J connectivity index is 2.08. The minimum atomic E-state index is -3.34. The zero-order valence-electron chi connectivity index (χ0n) is 12.1. The molecule has 1 saturated heterocycles. The molecule has 1 heterocycles. The predicted molar refractivity (Wildman–Crippen MR) is 77.2 cm³/mol. The molecule has 2 fully saturated rings. The topological polar surface area (TPSA) is 61.4 Å². The Morgan fingerprint density at radius 1 is 1.26 bits per heavy atom. The number of hydrogen-bond acceptors (Lipinski definition) is 3. The van der Waals surface area contributed by atoms with Crippen molar-refractivity contribution >= 4 is 10.2 Å². The van der Waals surface area contributed by atoms with Crippen LogP contribution in [-0.2, 0) is 10.2 Å². The third kappa shape index (κ3) is 3.29. The normalized spacial score (nSPS) is 28.0. The van der Waals surface area contributed by atoms with E-state index >= 15 is 0 Å². The molecule has 0 spiro atoms. The summed E-state index contributed by atoms with van der Waals surface area (Å²) in [7, 11) is -1.46. The average Bonchev–Trinajstić information content (AvgIpc) is 2.35. The molecule has 19 heavy (non-hydrogen) atoms. The summed E-state index contributed by atoms with van der Waals surface area (Å²) in [6.07, 6.45) is 7.03. The maximum absolute atomic E-state index is 12.6. The molecule has 1 aliphatic heterocycles. The van der Waals surface area contributed by atoms with Crippen molar-refractivity contribution in [1.82, 2.24) is 14.3 Å². The van der Waals surface area contributed by atoms with Crippen molar-refractivity contribution in [3.05, 3.63) is 0 Å². The van der Waals surface area contributed by atoms with Gasteiger partial charge < -0.3 is 5.32 Å². The average molecular weight is 289 g/mol. The van der Waals surface area contributed by atoms with Crippen LogP contribution >= 0.6 is 0 Å². The molecule has 6 heteroatoms. The second-order valence-electron chi connectivity index (χ2n) is 5.91. The number of nitrogens with one attached hydrogen (secondary N) is 2. The van der Waals surface area contributed by atoms with E-state index in [0.717, 1.165) is 51.5 Å². The lowest BCUT2D eigenvalue weighted by Gasteiger charge is -2.44. The van der Waals surface area contributed by atoms with Gasteiger partial charge in [-0.15, -0.1) is 0 Å². The zero-order chi connectivity index (χ0) is 13.9. The van der Waals surface area contributed by atoms with E-state index in [0.29, 0.717) is 6.54 Å². The molecule has 1 saturated carbocycles. The first-order chi connectivity index (χ1) is 9.03. The molecule has 0 aromatic rings. The van der Waals surface area contributed by atoms with E-state index in [-0.39, 0.29) is 11.6 Å². The van der Waals surface area contributed by atoms with Gasteiger partial charge in [0.1, 0.15) is 0 Å². The van der Waals surface area contributed by atoms with Gasteiger partial charge in [-0.2, -0.15) is 17.4 Å². The van der Waals surface area contributed by atoms with Gasteiger partial charge in [-0.25, -0.2) is 0 Å². The summed E-state index contributed by atoms with van der Waals surface area (Å²) in [6.45, 7) is 3.46. The number of likely N-dealkylation sites (N-methyl/N-ethyl adjacent to an activating group) is 1. The van der Waals surface area contributed by atoms with Crippen molar-refractivity contribution in [1.29, 1.82) is 0 Å². The van der Waals surface area contributed by atoms with Gasteiger partial charge in [0.2, 0.25) is 0 Å². The van der Waals surface area contributed by atoms with Crippen molar-refractivity contribution in [3.8, 4) is 0 Å². The third-order valence-corrected chi connectivity index (χ3v) is 6.44. The predicted octanol–water partition coefficient (Wildman–Crippen LogP) is 1.23. The van der Waals surface area contributed by atoms with Crippen LogP contribution in [0.25, 0.3) is 0 Å². The minimum Gasteiger partial charge on any atom is -0.318 e. The standard InChI is InChI=1S/C13H27N3O2S/c1-3-13(8-6-9-13)15-19(17,18)16-10-5-4-7-12(16)11-14-2/h12,14-15H,3-11H2,1-2H3. The van der Waals surface area contributed by atoms with E-state index in [4.69, 9.17) is 0 Å². The Morgan fingerprint density at radius 2 is 2.00 bits per heavy atom. The number of rotatable bonds is 6. The van der Waals surface area contributed by atoms with Gasteiger partial charge in [-0.1, -0.05) is 13.3 Å². The molecular formula is C13H27N3O2S. The van der Waals surface area contributed by atoms with Crippen molar-refractivity contribution in [3.63, 3.8) is 0 Å². The number of hydrogen-bond donors (Lipinski definition) is 2. The highest BCUT2D eigenvalue weighted by atomic mass is 32.2. The highest BCUT2D eigenvalue weighted by molar-refractivity contribution is 7.87. The Bertz CT molecular complexity index is 385. The second kappa shape index (κ2) is 6.08. The van der Waals surface area contributed by atoms with E-state index in [2.05, 4.69) is 17.0 Å². The fourth-order valence-electron chi connectivity index (χ4n) is 3.19. The molecule has 2 N–H and O–H groups in total. The molecule has 1 unspecified atom stereocenters. The van der Waals surface area contributed by atoms with Gasteiger partial charge in [-0.3, -0.25) is 0 Å².